The zero-order valence-corrected chi connectivity index (χ0v) is 13.7. The summed E-state index contributed by atoms with van der Waals surface area (Å²) in [4.78, 5) is 12.3. The van der Waals surface area contributed by atoms with Crippen LogP contribution in [0.2, 0.25) is 0 Å². The lowest BCUT2D eigenvalue weighted by molar-refractivity contribution is -0.137. The molecule has 4 aromatic rings. The maximum absolute atomic E-state index is 14.3. The van der Waals surface area contributed by atoms with Crippen LogP contribution in [-0.4, -0.2) is 24.7 Å². The number of benzene rings is 1. The Morgan fingerprint density at radius 2 is 1.85 bits per heavy atom. The Bertz CT molecular complexity index is 1110. The van der Waals surface area contributed by atoms with E-state index in [1.165, 1.54) is 23.3 Å². The summed E-state index contributed by atoms with van der Waals surface area (Å²) >= 11 is 0. The molecular formula is C18H11F4N5. The second-order valence-electron chi connectivity index (χ2n) is 5.77. The third kappa shape index (κ3) is 3.23. The highest BCUT2D eigenvalue weighted by Gasteiger charge is 2.32. The molecular weight excluding hydrogens is 362 g/mol. The molecule has 0 saturated carbocycles. The van der Waals surface area contributed by atoms with Crippen LogP contribution in [0.5, 0.6) is 0 Å². The predicted molar refractivity (Wildman–Crippen MR) is 89.1 cm³/mol. The Hall–Kier alpha value is -3.36. The normalized spacial score (nSPS) is 11.9. The molecule has 3 heterocycles. The van der Waals surface area contributed by atoms with Gasteiger partial charge in [0.2, 0.25) is 0 Å². The van der Waals surface area contributed by atoms with Gasteiger partial charge in [-0.1, -0.05) is 0 Å². The number of aromatic nitrogens is 5. The fourth-order valence-electron chi connectivity index (χ4n) is 2.76. The van der Waals surface area contributed by atoms with E-state index in [9.17, 15) is 17.6 Å². The molecule has 0 aliphatic rings. The number of fused-ring (bicyclic) bond motifs is 1. The molecule has 0 aliphatic heterocycles. The first-order chi connectivity index (χ1) is 12.9. The average Bonchev–Trinajstić information content (AvgIpc) is 3.01. The standard InChI is InChI=1S/C18H11F4N5/c19-14-4-3-11(18(20,21)22)8-13(14)16-17-15(2-1-5-25-17)27(26-16)10-12-9-23-6-7-24-12/h1-9H,10H2. The van der Waals surface area contributed by atoms with Gasteiger partial charge in [0.15, 0.2) is 0 Å². The van der Waals surface area contributed by atoms with Crippen LogP contribution in [0.1, 0.15) is 11.3 Å². The quantitative estimate of drug-likeness (QED) is 0.508. The molecule has 27 heavy (non-hydrogen) atoms. The summed E-state index contributed by atoms with van der Waals surface area (Å²) in [5.74, 6) is -0.806. The molecule has 5 nitrogen and oxygen atoms in total. The molecule has 0 unspecified atom stereocenters. The summed E-state index contributed by atoms with van der Waals surface area (Å²) in [5, 5.41) is 4.32. The van der Waals surface area contributed by atoms with E-state index in [2.05, 4.69) is 20.1 Å². The molecule has 0 N–H and O–H groups in total. The Balaban J connectivity index is 1.88. The van der Waals surface area contributed by atoms with Gasteiger partial charge in [-0.05, 0) is 30.3 Å². The smallest absolute Gasteiger partial charge is 0.261 e. The first-order valence-electron chi connectivity index (χ1n) is 7.87. The van der Waals surface area contributed by atoms with Gasteiger partial charge < -0.3 is 0 Å². The maximum atomic E-state index is 14.3. The van der Waals surface area contributed by atoms with Crippen LogP contribution in [-0.2, 0) is 12.7 Å². The molecule has 0 bridgehead atoms. The van der Waals surface area contributed by atoms with Crippen LogP contribution in [0.25, 0.3) is 22.3 Å². The van der Waals surface area contributed by atoms with E-state index < -0.39 is 17.6 Å². The second-order valence-corrected chi connectivity index (χ2v) is 5.77. The summed E-state index contributed by atoms with van der Waals surface area (Å²) in [7, 11) is 0. The van der Waals surface area contributed by atoms with Gasteiger partial charge in [0.1, 0.15) is 17.0 Å². The number of nitrogens with zero attached hydrogens (tertiary/aromatic N) is 5. The van der Waals surface area contributed by atoms with Crippen LogP contribution in [0.3, 0.4) is 0 Å². The van der Waals surface area contributed by atoms with Gasteiger partial charge in [-0.2, -0.15) is 18.3 Å². The van der Waals surface area contributed by atoms with Gasteiger partial charge in [0, 0.05) is 24.2 Å². The van der Waals surface area contributed by atoms with Gasteiger partial charge in [0.25, 0.3) is 0 Å². The van der Waals surface area contributed by atoms with Crippen molar-refractivity contribution in [2.75, 3.05) is 0 Å². The summed E-state index contributed by atoms with van der Waals surface area (Å²) in [6.45, 7) is 0.219. The van der Waals surface area contributed by atoms with Crippen molar-refractivity contribution in [1.29, 1.82) is 0 Å². The number of pyridine rings is 1. The molecule has 0 amide bonds. The van der Waals surface area contributed by atoms with Crippen LogP contribution in [0.15, 0.2) is 55.1 Å². The summed E-state index contributed by atoms with van der Waals surface area (Å²) < 4.78 is 55.0. The SMILES string of the molecule is Fc1ccc(C(F)(F)F)cc1-c1nn(Cc2cnccn2)c2cccnc12. The number of alkyl halides is 3. The molecule has 1 aromatic carbocycles. The van der Waals surface area contributed by atoms with Crippen LogP contribution < -0.4 is 0 Å². The van der Waals surface area contributed by atoms with Crippen LogP contribution in [0.4, 0.5) is 17.6 Å². The molecule has 0 radical (unpaired) electrons. The topological polar surface area (TPSA) is 56.5 Å². The maximum Gasteiger partial charge on any atom is 0.416 e. The molecule has 4 rings (SSSR count). The Morgan fingerprint density at radius 1 is 1.00 bits per heavy atom. The number of hydrogen-bond donors (Lipinski definition) is 0. The Kier molecular flexibility index (Phi) is 4.06. The molecule has 0 atom stereocenters. The molecule has 0 spiro atoms. The fourth-order valence-corrected chi connectivity index (χ4v) is 2.76. The minimum atomic E-state index is -4.59. The Morgan fingerprint density at radius 3 is 2.59 bits per heavy atom. The monoisotopic (exact) mass is 373 g/mol. The second kappa shape index (κ2) is 6.42. The van der Waals surface area contributed by atoms with E-state index in [4.69, 9.17) is 0 Å². The van der Waals surface area contributed by atoms with Crippen LogP contribution >= 0.6 is 0 Å². The lowest BCUT2D eigenvalue weighted by Gasteiger charge is -2.08. The molecule has 0 aliphatic carbocycles. The van der Waals surface area contributed by atoms with Crippen molar-refractivity contribution in [3.63, 3.8) is 0 Å². The first kappa shape index (κ1) is 17.1. The molecule has 136 valence electrons. The van der Waals surface area contributed by atoms with E-state index in [1.54, 1.807) is 18.3 Å². The molecule has 3 aromatic heterocycles. The van der Waals surface area contributed by atoms with Crippen molar-refractivity contribution in [3.8, 4) is 11.3 Å². The highest BCUT2D eigenvalue weighted by Crippen LogP contribution is 2.35. The lowest BCUT2D eigenvalue weighted by atomic mass is 10.1. The molecule has 0 saturated heterocycles. The molecule has 9 heteroatoms. The summed E-state index contributed by atoms with van der Waals surface area (Å²) in [6.07, 6.45) is 1.48. The first-order valence-corrected chi connectivity index (χ1v) is 7.87. The van der Waals surface area contributed by atoms with Gasteiger partial charge in [-0.25, -0.2) is 4.39 Å². The zero-order chi connectivity index (χ0) is 19.0. The summed E-state index contributed by atoms with van der Waals surface area (Å²) in [6, 6.07) is 5.61. The van der Waals surface area contributed by atoms with E-state index in [1.807, 2.05) is 0 Å². The van der Waals surface area contributed by atoms with Crippen molar-refractivity contribution in [1.82, 2.24) is 24.7 Å². The third-order valence-electron chi connectivity index (χ3n) is 3.99. The fraction of sp³-hybridized carbons (Fsp3) is 0.111. The van der Waals surface area contributed by atoms with Gasteiger partial charge in [-0.15, -0.1) is 0 Å². The molecule has 0 fully saturated rings. The predicted octanol–water partition coefficient (Wildman–Crippen LogP) is 4.09. The number of rotatable bonds is 3. The van der Waals surface area contributed by atoms with Crippen molar-refractivity contribution in [2.24, 2.45) is 0 Å². The van der Waals surface area contributed by atoms with Crippen molar-refractivity contribution >= 4 is 11.0 Å². The average molecular weight is 373 g/mol. The third-order valence-corrected chi connectivity index (χ3v) is 3.99. The number of halogens is 4. The minimum absolute atomic E-state index is 0.0399. The van der Waals surface area contributed by atoms with E-state index in [-0.39, 0.29) is 17.8 Å². The van der Waals surface area contributed by atoms with Crippen LogP contribution in [0, 0.1) is 5.82 Å². The summed E-state index contributed by atoms with van der Waals surface area (Å²) in [5.41, 5.74) is 0.285. The largest absolute Gasteiger partial charge is 0.416 e. The Labute approximate surface area is 150 Å². The van der Waals surface area contributed by atoms with E-state index in [0.717, 1.165) is 12.1 Å². The van der Waals surface area contributed by atoms with E-state index >= 15 is 0 Å². The van der Waals surface area contributed by atoms with Crippen molar-refractivity contribution < 1.29 is 17.6 Å². The van der Waals surface area contributed by atoms with Gasteiger partial charge >= 0.3 is 6.18 Å². The number of hydrogen-bond acceptors (Lipinski definition) is 4. The van der Waals surface area contributed by atoms with E-state index in [0.29, 0.717) is 22.8 Å². The van der Waals surface area contributed by atoms with Crippen molar-refractivity contribution in [3.05, 3.63) is 72.2 Å². The zero-order valence-electron chi connectivity index (χ0n) is 13.7. The highest BCUT2D eigenvalue weighted by molar-refractivity contribution is 5.90. The van der Waals surface area contributed by atoms with Gasteiger partial charge in [0.05, 0.1) is 29.5 Å². The van der Waals surface area contributed by atoms with Crippen molar-refractivity contribution in [2.45, 2.75) is 12.7 Å². The minimum Gasteiger partial charge on any atom is -0.261 e. The lowest BCUT2D eigenvalue weighted by Crippen LogP contribution is -2.06. The van der Waals surface area contributed by atoms with Gasteiger partial charge in [-0.3, -0.25) is 19.6 Å². The highest BCUT2D eigenvalue weighted by atomic mass is 19.4.